The zero-order valence-electron chi connectivity index (χ0n) is 33.0. The van der Waals surface area contributed by atoms with Crippen LogP contribution >= 0.6 is 11.8 Å². The van der Waals surface area contributed by atoms with Crippen molar-refractivity contribution < 1.29 is 8.83 Å². The maximum Gasteiger partial charge on any atom is 0.252 e. The normalized spacial score (nSPS) is 14.5. The molecule has 0 amide bonds. The summed E-state index contributed by atoms with van der Waals surface area (Å²) in [6.07, 6.45) is 0. The molecule has 0 aliphatic carbocycles. The second kappa shape index (κ2) is 11.2. The highest BCUT2D eigenvalue weighted by Crippen LogP contribution is 2.56. The minimum Gasteiger partial charge on any atom is -0.456 e. The fourth-order valence-corrected chi connectivity index (χ4v) is 13.0. The van der Waals surface area contributed by atoms with E-state index in [4.69, 9.17) is 8.83 Å². The van der Waals surface area contributed by atoms with Crippen molar-refractivity contribution in [1.29, 1.82) is 0 Å². The summed E-state index contributed by atoms with van der Waals surface area (Å²) in [5.74, 6) is 0. The molecule has 0 saturated carbocycles. The maximum atomic E-state index is 6.68. The molecule has 62 heavy (non-hydrogen) atoms. The summed E-state index contributed by atoms with van der Waals surface area (Å²) in [4.78, 5) is 10.3. The predicted octanol–water partition coefficient (Wildman–Crippen LogP) is 10.6. The molecule has 0 fully saturated rings. The standard InChI is InChI=1S/C54H29B2N3O2S/c1-3-13-30(14-4-1)57-40-28-46-34(32-17-7-9-21-44(32)60-46)25-38(40)55-36-19-11-23-48-52(36)59-53-37(20-12-24-49(53)62-48)56-39-26-35-33-18-8-10-22-45(33)61-47(35)29-41(39)58(31-15-5-2-6-16-31)43-27-42(57)50(55)54(59)51(43)56/h1-29H. The highest BCUT2D eigenvalue weighted by molar-refractivity contribution is 7.99. The van der Waals surface area contributed by atoms with Gasteiger partial charge in [0.2, 0.25) is 0 Å². The number of para-hydroxylation sites is 6. The summed E-state index contributed by atoms with van der Waals surface area (Å²) in [6, 6.07) is 64.7. The first-order valence-electron chi connectivity index (χ1n) is 21.3. The molecule has 0 bridgehead atoms. The topological polar surface area (TPSA) is 36.0 Å². The van der Waals surface area contributed by atoms with Gasteiger partial charge in [-0.15, -0.1) is 0 Å². The molecule has 0 radical (unpaired) electrons. The third-order valence-electron chi connectivity index (χ3n) is 14.2. The highest BCUT2D eigenvalue weighted by Gasteiger charge is 2.53. The molecule has 0 N–H and O–H groups in total. The minimum atomic E-state index is -0.0237. The number of fused-ring (bicyclic) bond motifs is 12. The summed E-state index contributed by atoms with van der Waals surface area (Å²) in [6.45, 7) is -0.0473. The quantitative estimate of drug-likeness (QED) is 0.162. The first-order chi connectivity index (χ1) is 30.8. The van der Waals surface area contributed by atoms with Gasteiger partial charge in [0.1, 0.15) is 22.3 Å². The first kappa shape index (κ1) is 32.3. The maximum absolute atomic E-state index is 6.68. The van der Waals surface area contributed by atoms with Gasteiger partial charge in [-0.25, -0.2) is 0 Å². The molecular formula is C54H29B2N3O2S. The summed E-state index contributed by atoms with van der Waals surface area (Å²) in [5, 5.41) is 4.58. The molecule has 0 saturated heterocycles. The van der Waals surface area contributed by atoms with Gasteiger partial charge in [-0.1, -0.05) is 121 Å². The highest BCUT2D eigenvalue weighted by atomic mass is 32.2. The van der Waals surface area contributed by atoms with E-state index in [1.54, 1.807) is 0 Å². The Kier molecular flexibility index (Phi) is 5.84. The van der Waals surface area contributed by atoms with Crippen LogP contribution in [0.1, 0.15) is 0 Å². The summed E-state index contributed by atoms with van der Waals surface area (Å²) >= 11 is 1.91. The van der Waals surface area contributed by atoms with Crippen molar-refractivity contribution in [3.8, 4) is 0 Å². The van der Waals surface area contributed by atoms with Crippen LogP contribution in [0, 0.1) is 0 Å². The zero-order chi connectivity index (χ0) is 39.9. The predicted molar refractivity (Wildman–Crippen MR) is 258 cm³/mol. The Morgan fingerprint density at radius 2 is 0.806 bits per heavy atom. The van der Waals surface area contributed by atoms with Gasteiger partial charge in [-0.3, -0.25) is 0 Å². The number of rotatable bonds is 2. The molecule has 5 nitrogen and oxygen atoms in total. The molecule has 7 heterocycles. The number of benzene rings is 9. The zero-order valence-corrected chi connectivity index (χ0v) is 33.8. The Morgan fingerprint density at radius 3 is 1.31 bits per heavy atom. The van der Waals surface area contributed by atoms with Crippen molar-refractivity contribution in [3.63, 3.8) is 0 Å². The third kappa shape index (κ3) is 3.83. The third-order valence-corrected chi connectivity index (χ3v) is 15.3. The van der Waals surface area contributed by atoms with Crippen molar-refractivity contribution in [2.75, 3.05) is 14.7 Å². The Balaban J connectivity index is 1.11. The van der Waals surface area contributed by atoms with Crippen LogP contribution in [0.15, 0.2) is 195 Å². The number of hydrogen-bond donors (Lipinski definition) is 0. The summed E-state index contributed by atoms with van der Waals surface area (Å²) < 4.78 is 13.4. The van der Waals surface area contributed by atoms with E-state index in [9.17, 15) is 0 Å². The molecule has 16 rings (SSSR count). The monoisotopic (exact) mass is 805 g/mol. The lowest BCUT2D eigenvalue weighted by atomic mass is 9.28. The number of furan rings is 2. The Hall–Kier alpha value is -7.54. The Morgan fingerprint density at radius 1 is 0.339 bits per heavy atom. The molecule has 5 aliphatic heterocycles. The first-order valence-corrected chi connectivity index (χ1v) is 22.1. The van der Waals surface area contributed by atoms with Gasteiger partial charge in [0.05, 0.1) is 11.4 Å². The lowest BCUT2D eigenvalue weighted by molar-refractivity contribution is 0.668. The molecule has 0 atom stereocenters. The summed E-state index contributed by atoms with van der Waals surface area (Å²) in [5.41, 5.74) is 22.3. The lowest BCUT2D eigenvalue weighted by Gasteiger charge is -2.52. The fourth-order valence-electron chi connectivity index (χ4n) is 11.8. The molecule has 2 aromatic heterocycles. The van der Waals surface area contributed by atoms with E-state index in [-0.39, 0.29) is 13.4 Å². The largest absolute Gasteiger partial charge is 0.456 e. The Labute approximate surface area is 360 Å². The van der Waals surface area contributed by atoms with Crippen LogP contribution in [-0.2, 0) is 0 Å². The molecule has 0 spiro atoms. The van der Waals surface area contributed by atoms with Crippen molar-refractivity contribution in [3.05, 3.63) is 176 Å². The average molecular weight is 806 g/mol. The smallest absolute Gasteiger partial charge is 0.252 e. The molecule has 284 valence electrons. The van der Waals surface area contributed by atoms with Gasteiger partial charge in [-0.2, -0.15) is 0 Å². The van der Waals surface area contributed by atoms with Crippen molar-refractivity contribution >= 4 is 153 Å². The van der Waals surface area contributed by atoms with Crippen LogP contribution < -0.4 is 47.5 Å². The molecule has 0 unspecified atom stereocenters. The Bertz CT molecular complexity index is 3600. The van der Waals surface area contributed by atoms with Crippen molar-refractivity contribution in [1.82, 2.24) is 0 Å². The second-order valence-corrected chi connectivity index (χ2v) is 18.2. The fraction of sp³-hybridized carbons (Fsp3) is 0. The van der Waals surface area contributed by atoms with Gasteiger partial charge in [0, 0.05) is 83.3 Å². The number of nitrogens with zero attached hydrogens (tertiary/aromatic N) is 3. The molecule has 5 aliphatic rings. The van der Waals surface area contributed by atoms with Gasteiger partial charge in [-0.05, 0) is 87.4 Å². The molecule has 11 aromatic rings. The van der Waals surface area contributed by atoms with Crippen LogP contribution in [0.25, 0.3) is 43.9 Å². The second-order valence-electron chi connectivity index (χ2n) is 17.1. The molecular weight excluding hydrogens is 776 g/mol. The van der Waals surface area contributed by atoms with Crippen LogP contribution in [-0.4, -0.2) is 13.4 Å². The van der Waals surface area contributed by atoms with E-state index in [0.29, 0.717) is 0 Å². The van der Waals surface area contributed by atoms with E-state index in [2.05, 4.69) is 191 Å². The molecule has 8 heteroatoms. The van der Waals surface area contributed by atoms with Crippen LogP contribution in [0.3, 0.4) is 0 Å². The van der Waals surface area contributed by atoms with E-state index < -0.39 is 0 Å². The number of hydrogen-bond acceptors (Lipinski definition) is 6. The van der Waals surface area contributed by atoms with Crippen molar-refractivity contribution in [2.45, 2.75) is 9.79 Å². The summed E-state index contributed by atoms with van der Waals surface area (Å²) in [7, 11) is 0. The SMILES string of the molecule is c1ccc(N2c3cc4oc5ccccc5c4cc3B3c4cccc5c4N4c6c(cccc6B6c7cc8c(cc7N(c7ccccc7)c7cc2c3c4c76)oc2ccccc28)S5)cc1. The van der Waals surface area contributed by atoms with Crippen LogP contribution in [0.2, 0.25) is 0 Å². The van der Waals surface area contributed by atoms with Crippen LogP contribution in [0.4, 0.5) is 51.2 Å². The van der Waals surface area contributed by atoms with E-state index >= 15 is 0 Å². The van der Waals surface area contributed by atoms with Gasteiger partial charge in [0.15, 0.2) is 0 Å². The van der Waals surface area contributed by atoms with Crippen molar-refractivity contribution in [2.24, 2.45) is 0 Å². The van der Waals surface area contributed by atoms with E-state index in [0.717, 1.165) is 66.6 Å². The van der Waals surface area contributed by atoms with E-state index in [1.807, 2.05) is 11.8 Å². The van der Waals surface area contributed by atoms with Gasteiger partial charge in [0.25, 0.3) is 13.4 Å². The minimum absolute atomic E-state index is 0.0237. The van der Waals surface area contributed by atoms with E-state index in [1.165, 1.54) is 71.0 Å². The number of anilines is 9. The average Bonchev–Trinajstić information content (AvgIpc) is 3.87. The lowest BCUT2D eigenvalue weighted by Crippen LogP contribution is -2.69. The van der Waals surface area contributed by atoms with Gasteiger partial charge >= 0.3 is 0 Å². The van der Waals surface area contributed by atoms with Crippen LogP contribution in [0.5, 0.6) is 0 Å². The molecule has 9 aromatic carbocycles. The van der Waals surface area contributed by atoms with Gasteiger partial charge < -0.3 is 23.5 Å².